The summed E-state index contributed by atoms with van der Waals surface area (Å²) < 4.78 is 6.24. The van der Waals surface area contributed by atoms with Gasteiger partial charge < -0.3 is 9.84 Å². The summed E-state index contributed by atoms with van der Waals surface area (Å²) in [4.78, 5) is 11.8. The maximum absolute atomic E-state index is 11.8. The lowest BCUT2D eigenvalue weighted by molar-refractivity contribution is -0.123. The van der Waals surface area contributed by atoms with Gasteiger partial charge in [-0.25, -0.2) is 5.43 Å². The molecule has 0 aliphatic rings. The minimum absolute atomic E-state index is 0.140. The summed E-state index contributed by atoms with van der Waals surface area (Å²) >= 11 is 3.39. The largest absolute Gasteiger partial charge is 0.508 e. The number of amides is 1. The van der Waals surface area contributed by atoms with Crippen LogP contribution in [0.3, 0.4) is 0 Å². The Kier molecular flexibility index (Phi) is 5.76. The van der Waals surface area contributed by atoms with Crippen molar-refractivity contribution in [3.05, 3.63) is 58.1 Å². The molecule has 0 fully saturated rings. The lowest BCUT2D eigenvalue weighted by Crippen LogP contribution is -2.25. The van der Waals surface area contributed by atoms with Crippen LogP contribution in [0.5, 0.6) is 11.5 Å². The molecule has 0 atom stereocenters. The Morgan fingerprint density at radius 3 is 2.78 bits per heavy atom. The van der Waals surface area contributed by atoms with Crippen molar-refractivity contribution >= 4 is 27.5 Å². The molecule has 0 radical (unpaired) electrons. The fraction of sp³-hybridized carbons (Fsp3) is 0.176. The van der Waals surface area contributed by atoms with Crippen molar-refractivity contribution in [1.82, 2.24) is 5.43 Å². The summed E-state index contributed by atoms with van der Waals surface area (Å²) in [5.41, 5.74) is 4.84. The number of phenols is 1. The lowest BCUT2D eigenvalue weighted by atomic mass is 10.1. The van der Waals surface area contributed by atoms with Crippen LogP contribution in [-0.2, 0) is 4.79 Å². The number of hydrazone groups is 1. The predicted octanol–water partition coefficient (Wildman–Crippen LogP) is 3.38. The van der Waals surface area contributed by atoms with Crippen LogP contribution in [0.15, 0.2) is 52.0 Å². The highest BCUT2D eigenvalue weighted by molar-refractivity contribution is 9.10. The van der Waals surface area contributed by atoms with E-state index >= 15 is 0 Å². The van der Waals surface area contributed by atoms with Gasteiger partial charge in [0.1, 0.15) is 11.5 Å². The first-order chi connectivity index (χ1) is 11.0. The Morgan fingerprint density at radius 1 is 1.30 bits per heavy atom. The Labute approximate surface area is 143 Å². The van der Waals surface area contributed by atoms with E-state index < -0.39 is 0 Å². The second-order valence-electron chi connectivity index (χ2n) is 5.01. The molecule has 0 aliphatic heterocycles. The van der Waals surface area contributed by atoms with Crippen molar-refractivity contribution in [3.63, 3.8) is 0 Å². The zero-order chi connectivity index (χ0) is 16.8. The second-order valence-corrected chi connectivity index (χ2v) is 5.86. The first kappa shape index (κ1) is 17.0. The number of nitrogens with zero attached hydrogens (tertiary/aromatic N) is 1. The molecule has 0 saturated carbocycles. The third kappa shape index (κ3) is 5.10. The number of aromatic hydroxyl groups is 1. The summed E-state index contributed by atoms with van der Waals surface area (Å²) in [6.45, 7) is 3.57. The number of ether oxygens (including phenoxy) is 1. The molecule has 120 valence electrons. The van der Waals surface area contributed by atoms with Crippen molar-refractivity contribution in [2.75, 3.05) is 6.61 Å². The normalized spacial score (nSPS) is 11.2. The Morgan fingerprint density at radius 2 is 2.09 bits per heavy atom. The van der Waals surface area contributed by atoms with E-state index in [4.69, 9.17) is 4.74 Å². The van der Waals surface area contributed by atoms with Gasteiger partial charge in [0.15, 0.2) is 6.61 Å². The summed E-state index contributed by atoms with van der Waals surface area (Å²) in [6.07, 6.45) is 0. The third-order valence-electron chi connectivity index (χ3n) is 3.06. The van der Waals surface area contributed by atoms with E-state index in [2.05, 4.69) is 26.5 Å². The van der Waals surface area contributed by atoms with Gasteiger partial charge >= 0.3 is 0 Å². The summed E-state index contributed by atoms with van der Waals surface area (Å²) in [5, 5.41) is 13.4. The lowest BCUT2D eigenvalue weighted by Gasteiger charge is -2.08. The standard InChI is InChI=1S/C17H17BrN2O3/c1-11-6-7-16(15(18)8-11)23-10-17(22)20-19-12(2)13-4-3-5-14(21)9-13/h3-9,21H,10H2,1-2H3,(H,20,22)/b19-12-. The number of benzene rings is 2. The number of halogens is 1. The number of carbonyl (C=O) groups is 1. The molecule has 0 heterocycles. The zero-order valence-electron chi connectivity index (χ0n) is 12.8. The molecule has 0 aliphatic carbocycles. The number of hydrogen-bond acceptors (Lipinski definition) is 4. The fourth-order valence-corrected chi connectivity index (χ4v) is 2.45. The van der Waals surface area contributed by atoms with Crippen molar-refractivity contribution in [2.24, 2.45) is 5.10 Å². The number of aryl methyl sites for hydroxylation is 1. The quantitative estimate of drug-likeness (QED) is 0.620. The molecule has 2 rings (SSSR count). The molecule has 0 spiro atoms. The van der Waals surface area contributed by atoms with Gasteiger partial charge in [0.2, 0.25) is 0 Å². The van der Waals surface area contributed by atoms with Gasteiger partial charge in [-0.2, -0.15) is 5.10 Å². The van der Waals surface area contributed by atoms with Crippen molar-refractivity contribution in [1.29, 1.82) is 0 Å². The maximum Gasteiger partial charge on any atom is 0.277 e. The molecule has 0 aromatic heterocycles. The van der Waals surface area contributed by atoms with Gasteiger partial charge in [-0.05, 0) is 59.6 Å². The van der Waals surface area contributed by atoms with Crippen LogP contribution in [0.1, 0.15) is 18.1 Å². The number of nitrogens with one attached hydrogen (secondary N) is 1. The predicted molar refractivity (Wildman–Crippen MR) is 92.8 cm³/mol. The van der Waals surface area contributed by atoms with Crippen LogP contribution in [0.4, 0.5) is 0 Å². The van der Waals surface area contributed by atoms with Gasteiger partial charge in [0.05, 0.1) is 10.2 Å². The van der Waals surface area contributed by atoms with Crippen LogP contribution >= 0.6 is 15.9 Å². The van der Waals surface area contributed by atoms with E-state index in [-0.39, 0.29) is 18.3 Å². The molecule has 23 heavy (non-hydrogen) atoms. The summed E-state index contributed by atoms with van der Waals surface area (Å²) in [6, 6.07) is 12.3. The third-order valence-corrected chi connectivity index (χ3v) is 3.68. The topological polar surface area (TPSA) is 70.9 Å². The molecule has 1 amide bonds. The number of carbonyl (C=O) groups excluding carboxylic acids is 1. The van der Waals surface area contributed by atoms with Crippen LogP contribution in [0.25, 0.3) is 0 Å². The molecule has 5 nitrogen and oxygen atoms in total. The van der Waals surface area contributed by atoms with E-state index in [1.807, 2.05) is 19.1 Å². The van der Waals surface area contributed by atoms with E-state index in [0.29, 0.717) is 11.5 Å². The Bertz CT molecular complexity index is 744. The van der Waals surface area contributed by atoms with E-state index in [9.17, 15) is 9.90 Å². The summed E-state index contributed by atoms with van der Waals surface area (Å²) in [5.74, 6) is 0.382. The van der Waals surface area contributed by atoms with Crippen LogP contribution in [-0.4, -0.2) is 23.3 Å². The van der Waals surface area contributed by atoms with E-state index in [1.165, 1.54) is 0 Å². The zero-order valence-corrected chi connectivity index (χ0v) is 14.4. The molecular weight excluding hydrogens is 360 g/mol. The minimum atomic E-state index is -0.364. The number of rotatable bonds is 5. The van der Waals surface area contributed by atoms with Gasteiger partial charge in [0, 0.05) is 5.56 Å². The highest BCUT2D eigenvalue weighted by Crippen LogP contribution is 2.25. The smallest absolute Gasteiger partial charge is 0.277 e. The first-order valence-corrected chi connectivity index (χ1v) is 7.76. The number of hydrogen-bond donors (Lipinski definition) is 2. The van der Waals surface area contributed by atoms with Crippen molar-refractivity contribution in [3.8, 4) is 11.5 Å². The van der Waals surface area contributed by atoms with E-state index in [0.717, 1.165) is 15.6 Å². The average molecular weight is 377 g/mol. The van der Waals surface area contributed by atoms with Crippen molar-refractivity contribution in [2.45, 2.75) is 13.8 Å². The SMILES string of the molecule is C/C(=N/NC(=O)COc1ccc(C)cc1Br)c1cccc(O)c1. The minimum Gasteiger partial charge on any atom is -0.508 e. The maximum atomic E-state index is 11.8. The van der Waals surface area contributed by atoms with Crippen LogP contribution in [0.2, 0.25) is 0 Å². The fourth-order valence-electron chi connectivity index (χ4n) is 1.84. The van der Waals surface area contributed by atoms with E-state index in [1.54, 1.807) is 37.3 Å². The van der Waals surface area contributed by atoms with Crippen molar-refractivity contribution < 1.29 is 14.6 Å². The molecule has 6 heteroatoms. The van der Waals surface area contributed by atoms with Gasteiger partial charge in [0.25, 0.3) is 5.91 Å². The second kappa shape index (κ2) is 7.78. The molecule has 0 unspecified atom stereocenters. The van der Waals surface area contributed by atoms with Crippen LogP contribution in [0, 0.1) is 6.92 Å². The Hall–Kier alpha value is -2.34. The molecule has 0 saturated heterocycles. The highest BCUT2D eigenvalue weighted by atomic mass is 79.9. The van der Waals surface area contributed by atoms with Crippen LogP contribution < -0.4 is 10.2 Å². The average Bonchev–Trinajstić information content (AvgIpc) is 2.51. The first-order valence-electron chi connectivity index (χ1n) is 6.97. The molecular formula is C17H17BrN2O3. The van der Waals surface area contributed by atoms with Gasteiger partial charge in [-0.15, -0.1) is 0 Å². The highest BCUT2D eigenvalue weighted by Gasteiger charge is 2.06. The summed E-state index contributed by atoms with van der Waals surface area (Å²) in [7, 11) is 0. The number of phenolic OH excluding ortho intramolecular Hbond substituents is 1. The van der Waals surface area contributed by atoms with Gasteiger partial charge in [-0.3, -0.25) is 4.79 Å². The molecule has 2 aromatic carbocycles. The monoisotopic (exact) mass is 376 g/mol. The van der Waals surface area contributed by atoms with Gasteiger partial charge in [-0.1, -0.05) is 18.2 Å². The molecule has 2 N–H and O–H groups in total. The molecule has 2 aromatic rings. The Balaban J connectivity index is 1.90. The molecule has 0 bridgehead atoms.